The first-order valence-corrected chi connectivity index (χ1v) is 5.83. The predicted molar refractivity (Wildman–Crippen MR) is 68.9 cm³/mol. The lowest BCUT2D eigenvalue weighted by Crippen LogP contribution is -2.20. The van der Waals surface area contributed by atoms with Crippen molar-refractivity contribution >= 4 is 17.3 Å². The van der Waals surface area contributed by atoms with Crippen LogP contribution in [0.25, 0.3) is 0 Å². The first kappa shape index (κ1) is 12.9. The molecule has 1 rings (SSSR count). The van der Waals surface area contributed by atoms with Crippen molar-refractivity contribution < 1.29 is 0 Å². The molecule has 0 radical (unpaired) electrons. The molecule has 16 heavy (non-hydrogen) atoms. The second-order valence-corrected chi connectivity index (χ2v) is 4.81. The molecule has 0 atom stereocenters. The molecular formula is C13H17ClN2. The largest absolute Gasteiger partial charge is 0.373 e. The third kappa shape index (κ3) is 3.43. The van der Waals surface area contributed by atoms with Gasteiger partial charge < -0.3 is 4.90 Å². The molecule has 0 bridgehead atoms. The molecule has 0 spiro atoms. The van der Waals surface area contributed by atoms with Gasteiger partial charge in [0.05, 0.1) is 11.3 Å². The summed E-state index contributed by atoms with van der Waals surface area (Å²) in [6.45, 7) is 5.32. The molecule has 86 valence electrons. The van der Waals surface area contributed by atoms with Crippen molar-refractivity contribution in [3.63, 3.8) is 0 Å². The highest BCUT2D eigenvalue weighted by atomic mass is 35.5. The van der Waals surface area contributed by atoms with Crippen LogP contribution in [0.2, 0.25) is 5.02 Å². The van der Waals surface area contributed by atoms with E-state index >= 15 is 0 Å². The zero-order valence-electron chi connectivity index (χ0n) is 10.00. The fraction of sp³-hybridized carbons (Fsp3) is 0.462. The quantitative estimate of drug-likeness (QED) is 0.797. The number of benzene rings is 1. The summed E-state index contributed by atoms with van der Waals surface area (Å²) in [5.74, 6) is 0.659. The molecule has 0 N–H and O–H groups in total. The average Bonchev–Trinajstić information content (AvgIpc) is 2.25. The minimum atomic E-state index is 0.659. The zero-order chi connectivity index (χ0) is 12.1. The van der Waals surface area contributed by atoms with Crippen molar-refractivity contribution in [3.8, 4) is 6.07 Å². The summed E-state index contributed by atoms with van der Waals surface area (Å²) in [5.41, 5.74) is 1.59. The molecule has 0 heterocycles. The number of rotatable bonds is 4. The van der Waals surface area contributed by atoms with Gasteiger partial charge in [-0.05, 0) is 30.5 Å². The molecule has 3 heteroatoms. The van der Waals surface area contributed by atoms with Crippen molar-refractivity contribution in [3.05, 3.63) is 28.8 Å². The SMILES string of the molecule is CC(C)CCN(C)c1cc(Cl)ccc1C#N. The zero-order valence-corrected chi connectivity index (χ0v) is 10.8. The summed E-state index contributed by atoms with van der Waals surface area (Å²) in [7, 11) is 1.99. The van der Waals surface area contributed by atoms with Gasteiger partial charge in [0.2, 0.25) is 0 Å². The molecule has 0 aromatic heterocycles. The Labute approximate surface area is 102 Å². The van der Waals surface area contributed by atoms with Crippen LogP contribution in [0.3, 0.4) is 0 Å². The molecule has 0 saturated heterocycles. The summed E-state index contributed by atoms with van der Waals surface area (Å²) in [6.07, 6.45) is 1.11. The monoisotopic (exact) mass is 236 g/mol. The van der Waals surface area contributed by atoms with Crippen LogP contribution >= 0.6 is 11.6 Å². The Morgan fingerprint density at radius 3 is 2.69 bits per heavy atom. The second kappa shape index (κ2) is 5.77. The minimum absolute atomic E-state index is 0.659. The molecule has 0 amide bonds. The van der Waals surface area contributed by atoms with Gasteiger partial charge in [0.25, 0.3) is 0 Å². The van der Waals surface area contributed by atoms with Crippen LogP contribution < -0.4 is 4.90 Å². The van der Waals surface area contributed by atoms with Gasteiger partial charge >= 0.3 is 0 Å². The number of hydrogen-bond acceptors (Lipinski definition) is 2. The number of halogens is 1. The Kier molecular flexibility index (Phi) is 4.64. The van der Waals surface area contributed by atoms with Crippen LogP contribution in [0.1, 0.15) is 25.8 Å². The summed E-state index contributed by atoms with van der Waals surface area (Å²) in [4.78, 5) is 2.09. The van der Waals surface area contributed by atoms with Gasteiger partial charge in [-0.2, -0.15) is 5.26 Å². The summed E-state index contributed by atoms with van der Waals surface area (Å²) >= 11 is 5.94. The van der Waals surface area contributed by atoms with Gasteiger partial charge in [0, 0.05) is 18.6 Å². The molecule has 2 nitrogen and oxygen atoms in total. The van der Waals surface area contributed by atoms with E-state index in [2.05, 4.69) is 24.8 Å². The van der Waals surface area contributed by atoms with Crippen LogP contribution in [0.4, 0.5) is 5.69 Å². The third-order valence-corrected chi connectivity index (χ3v) is 2.77. The Morgan fingerprint density at radius 1 is 1.44 bits per heavy atom. The molecule has 0 saturated carbocycles. The second-order valence-electron chi connectivity index (χ2n) is 4.38. The molecule has 0 aliphatic rings. The van der Waals surface area contributed by atoms with Crippen LogP contribution in [-0.4, -0.2) is 13.6 Å². The number of nitrogens with zero attached hydrogens (tertiary/aromatic N) is 2. The average molecular weight is 237 g/mol. The van der Waals surface area contributed by atoms with E-state index in [0.29, 0.717) is 16.5 Å². The summed E-state index contributed by atoms with van der Waals surface area (Å²) in [6, 6.07) is 7.56. The van der Waals surface area contributed by atoms with E-state index in [4.69, 9.17) is 16.9 Å². The van der Waals surface area contributed by atoms with Crippen LogP contribution in [0.15, 0.2) is 18.2 Å². The lowest BCUT2D eigenvalue weighted by atomic mass is 10.1. The smallest absolute Gasteiger partial charge is 0.101 e. The van der Waals surface area contributed by atoms with E-state index in [9.17, 15) is 0 Å². The van der Waals surface area contributed by atoms with E-state index in [-0.39, 0.29) is 0 Å². The molecule has 1 aromatic carbocycles. The Bertz CT molecular complexity index is 393. The van der Waals surface area contributed by atoms with Crippen LogP contribution in [0, 0.1) is 17.2 Å². The highest BCUT2D eigenvalue weighted by Gasteiger charge is 2.08. The maximum Gasteiger partial charge on any atom is 0.101 e. The van der Waals surface area contributed by atoms with Crippen molar-refractivity contribution in [1.29, 1.82) is 5.26 Å². The highest BCUT2D eigenvalue weighted by molar-refractivity contribution is 6.30. The highest BCUT2D eigenvalue weighted by Crippen LogP contribution is 2.23. The molecular weight excluding hydrogens is 220 g/mol. The van der Waals surface area contributed by atoms with E-state index in [0.717, 1.165) is 18.7 Å². The topological polar surface area (TPSA) is 27.0 Å². The third-order valence-electron chi connectivity index (χ3n) is 2.53. The molecule has 0 aliphatic heterocycles. The van der Waals surface area contributed by atoms with E-state index in [1.807, 2.05) is 13.1 Å². The fourth-order valence-corrected chi connectivity index (χ4v) is 1.65. The number of nitriles is 1. The predicted octanol–water partition coefficient (Wildman–Crippen LogP) is 3.69. The standard InChI is InChI=1S/C13H17ClN2/c1-10(2)6-7-16(3)13-8-12(14)5-4-11(13)9-15/h4-5,8,10H,6-7H2,1-3H3. The molecule has 0 aliphatic carbocycles. The molecule has 1 aromatic rings. The Morgan fingerprint density at radius 2 is 2.12 bits per heavy atom. The fourth-order valence-electron chi connectivity index (χ4n) is 1.49. The number of hydrogen-bond donors (Lipinski definition) is 0. The maximum atomic E-state index is 9.02. The lowest BCUT2D eigenvalue weighted by Gasteiger charge is -2.21. The van der Waals surface area contributed by atoms with Gasteiger partial charge in [-0.25, -0.2) is 0 Å². The first-order chi connectivity index (χ1) is 7.54. The minimum Gasteiger partial charge on any atom is -0.373 e. The summed E-state index contributed by atoms with van der Waals surface area (Å²) in [5, 5.41) is 9.69. The van der Waals surface area contributed by atoms with E-state index in [1.54, 1.807) is 12.1 Å². The maximum absolute atomic E-state index is 9.02. The Balaban J connectivity index is 2.85. The van der Waals surface area contributed by atoms with Crippen molar-refractivity contribution in [2.24, 2.45) is 5.92 Å². The van der Waals surface area contributed by atoms with Crippen LogP contribution in [-0.2, 0) is 0 Å². The van der Waals surface area contributed by atoms with Gasteiger partial charge in [-0.15, -0.1) is 0 Å². The lowest BCUT2D eigenvalue weighted by molar-refractivity contribution is 0.585. The van der Waals surface area contributed by atoms with Gasteiger partial charge in [0.15, 0.2) is 0 Å². The van der Waals surface area contributed by atoms with Gasteiger partial charge in [-0.3, -0.25) is 0 Å². The van der Waals surface area contributed by atoms with Crippen molar-refractivity contribution in [1.82, 2.24) is 0 Å². The summed E-state index contributed by atoms with van der Waals surface area (Å²) < 4.78 is 0. The molecule has 0 unspecified atom stereocenters. The van der Waals surface area contributed by atoms with Crippen LogP contribution in [0.5, 0.6) is 0 Å². The first-order valence-electron chi connectivity index (χ1n) is 5.45. The van der Waals surface area contributed by atoms with Crippen molar-refractivity contribution in [2.45, 2.75) is 20.3 Å². The Hall–Kier alpha value is -1.20. The van der Waals surface area contributed by atoms with Gasteiger partial charge in [0.1, 0.15) is 6.07 Å². The van der Waals surface area contributed by atoms with Crippen molar-refractivity contribution in [2.75, 3.05) is 18.5 Å². The molecule has 0 fully saturated rings. The normalized spacial score (nSPS) is 10.2. The van der Waals surface area contributed by atoms with Gasteiger partial charge in [-0.1, -0.05) is 25.4 Å². The van der Waals surface area contributed by atoms with E-state index < -0.39 is 0 Å². The van der Waals surface area contributed by atoms with E-state index in [1.165, 1.54) is 0 Å². The number of anilines is 1.